The van der Waals surface area contributed by atoms with Crippen molar-refractivity contribution in [2.24, 2.45) is 0 Å². The first kappa shape index (κ1) is 15.4. The van der Waals surface area contributed by atoms with E-state index in [-0.39, 0.29) is 11.3 Å². The average Bonchev–Trinajstić information content (AvgIpc) is 2.44. The van der Waals surface area contributed by atoms with E-state index in [9.17, 15) is 9.59 Å². The molecule has 0 saturated heterocycles. The van der Waals surface area contributed by atoms with Crippen LogP contribution in [0.1, 0.15) is 19.4 Å². The Kier molecular flexibility index (Phi) is 5.97. The third-order valence-corrected chi connectivity index (χ3v) is 2.35. The molecule has 0 aromatic heterocycles. The highest BCUT2D eigenvalue weighted by molar-refractivity contribution is 5.90. The van der Waals surface area contributed by atoms with Gasteiger partial charge in [-0.25, -0.2) is 4.79 Å². The Balaban J connectivity index is 2.70. The van der Waals surface area contributed by atoms with Gasteiger partial charge in [0.15, 0.2) is 0 Å². The van der Waals surface area contributed by atoms with Gasteiger partial charge in [-0.2, -0.15) is 0 Å². The maximum Gasteiger partial charge on any atom is 0.342 e. The molecule has 1 aromatic carbocycles. The largest absolute Gasteiger partial charge is 0.431 e. The molecule has 0 spiro atoms. The van der Waals surface area contributed by atoms with Crippen LogP contribution >= 0.6 is 0 Å². The zero-order valence-corrected chi connectivity index (χ0v) is 11.5. The van der Waals surface area contributed by atoms with Gasteiger partial charge in [0, 0.05) is 6.92 Å². The van der Waals surface area contributed by atoms with E-state index in [2.05, 4.69) is 6.58 Å². The molecular formula is C16H16O4. The predicted molar refractivity (Wildman–Crippen MR) is 76.2 cm³/mol. The Morgan fingerprint density at radius 2 is 1.80 bits per heavy atom. The van der Waals surface area contributed by atoms with E-state index in [1.165, 1.54) is 26.2 Å². The van der Waals surface area contributed by atoms with E-state index in [0.717, 1.165) is 5.56 Å². The molecule has 0 fully saturated rings. The number of esters is 2. The molecule has 0 aliphatic rings. The number of ether oxygens (including phenoxy) is 2. The standard InChI is InChI=1S/C16H16O4/c1-4-15(20-13(3)17)12(2)16(18)19-11-10-14-8-6-5-7-9-14/h4-11H,1H2,2-3H3. The van der Waals surface area contributed by atoms with E-state index >= 15 is 0 Å². The second-order valence-electron chi connectivity index (χ2n) is 3.91. The smallest absolute Gasteiger partial charge is 0.342 e. The average molecular weight is 272 g/mol. The molecule has 0 aliphatic carbocycles. The highest BCUT2D eigenvalue weighted by atomic mass is 16.5. The predicted octanol–water partition coefficient (Wildman–Crippen LogP) is 3.22. The lowest BCUT2D eigenvalue weighted by Gasteiger charge is -2.05. The molecule has 0 N–H and O–H groups in total. The van der Waals surface area contributed by atoms with Crippen LogP contribution < -0.4 is 0 Å². The summed E-state index contributed by atoms with van der Waals surface area (Å²) in [7, 11) is 0. The molecule has 4 nitrogen and oxygen atoms in total. The van der Waals surface area contributed by atoms with Gasteiger partial charge >= 0.3 is 11.9 Å². The summed E-state index contributed by atoms with van der Waals surface area (Å²) in [6.07, 6.45) is 4.24. The summed E-state index contributed by atoms with van der Waals surface area (Å²) in [5.74, 6) is -1.03. The molecule has 20 heavy (non-hydrogen) atoms. The molecule has 104 valence electrons. The molecule has 0 heterocycles. The van der Waals surface area contributed by atoms with E-state index < -0.39 is 11.9 Å². The van der Waals surface area contributed by atoms with Crippen molar-refractivity contribution in [1.82, 2.24) is 0 Å². The number of hydrogen-bond donors (Lipinski definition) is 0. The first-order chi connectivity index (χ1) is 9.54. The Morgan fingerprint density at radius 3 is 2.35 bits per heavy atom. The fourth-order valence-corrected chi connectivity index (χ4v) is 1.35. The van der Waals surface area contributed by atoms with Gasteiger partial charge in [-0.3, -0.25) is 4.79 Å². The molecular weight excluding hydrogens is 256 g/mol. The normalized spacial score (nSPS) is 11.7. The van der Waals surface area contributed by atoms with E-state index in [4.69, 9.17) is 9.47 Å². The lowest BCUT2D eigenvalue weighted by Crippen LogP contribution is -2.07. The minimum Gasteiger partial charge on any atom is -0.431 e. The molecule has 4 heteroatoms. The molecule has 0 unspecified atom stereocenters. The maximum atomic E-state index is 11.7. The quantitative estimate of drug-likeness (QED) is 0.357. The van der Waals surface area contributed by atoms with E-state index in [0.29, 0.717) is 0 Å². The minimum absolute atomic E-state index is 0.0932. The number of allylic oxidation sites excluding steroid dienone is 1. The van der Waals surface area contributed by atoms with Crippen LogP contribution in [0.4, 0.5) is 0 Å². The maximum absolute atomic E-state index is 11.7. The van der Waals surface area contributed by atoms with Gasteiger partial charge in [0.1, 0.15) is 5.76 Å². The van der Waals surface area contributed by atoms with Gasteiger partial charge in [-0.05, 0) is 24.6 Å². The Bertz CT molecular complexity index is 553. The molecule has 0 amide bonds. The summed E-state index contributed by atoms with van der Waals surface area (Å²) in [5, 5.41) is 0. The second-order valence-corrected chi connectivity index (χ2v) is 3.91. The molecule has 0 bridgehead atoms. The van der Waals surface area contributed by atoms with Crippen molar-refractivity contribution >= 4 is 18.0 Å². The number of benzene rings is 1. The van der Waals surface area contributed by atoms with Crippen LogP contribution in [-0.4, -0.2) is 11.9 Å². The fraction of sp³-hybridized carbons (Fsp3) is 0.125. The minimum atomic E-state index is -0.603. The van der Waals surface area contributed by atoms with Crippen LogP contribution in [0.15, 0.2) is 60.6 Å². The summed E-state index contributed by atoms with van der Waals surface area (Å²) >= 11 is 0. The van der Waals surface area contributed by atoms with Gasteiger partial charge in [-0.15, -0.1) is 0 Å². The van der Waals surface area contributed by atoms with Crippen LogP contribution in [0, 0.1) is 0 Å². The topological polar surface area (TPSA) is 52.6 Å². The fourth-order valence-electron chi connectivity index (χ4n) is 1.35. The van der Waals surface area contributed by atoms with Gasteiger partial charge < -0.3 is 9.47 Å². The first-order valence-corrected chi connectivity index (χ1v) is 5.99. The third kappa shape index (κ3) is 4.94. The van der Waals surface area contributed by atoms with Crippen molar-refractivity contribution in [3.63, 3.8) is 0 Å². The third-order valence-electron chi connectivity index (χ3n) is 2.35. The molecule has 1 aromatic rings. The zero-order chi connectivity index (χ0) is 15.0. The monoisotopic (exact) mass is 272 g/mol. The first-order valence-electron chi connectivity index (χ1n) is 5.99. The molecule has 1 rings (SSSR count). The van der Waals surface area contributed by atoms with Crippen LogP contribution in [0.3, 0.4) is 0 Å². The summed E-state index contributed by atoms with van der Waals surface area (Å²) in [6.45, 7) is 6.23. The second kappa shape index (κ2) is 7.74. The van der Waals surface area contributed by atoms with Gasteiger partial charge in [0.25, 0.3) is 0 Å². The summed E-state index contributed by atoms with van der Waals surface area (Å²) in [5.41, 5.74) is 1.08. The molecule has 0 radical (unpaired) electrons. The van der Waals surface area contributed by atoms with Crippen molar-refractivity contribution in [2.75, 3.05) is 0 Å². The van der Waals surface area contributed by atoms with Crippen LogP contribution in [0.5, 0.6) is 0 Å². The highest BCUT2D eigenvalue weighted by Gasteiger charge is 2.12. The summed E-state index contributed by atoms with van der Waals surface area (Å²) in [6, 6.07) is 9.40. The SMILES string of the molecule is C=CC(OC(C)=O)=C(C)C(=O)OC=Cc1ccccc1. The zero-order valence-electron chi connectivity index (χ0n) is 11.5. The van der Waals surface area contributed by atoms with Crippen molar-refractivity contribution < 1.29 is 19.1 Å². The van der Waals surface area contributed by atoms with Crippen molar-refractivity contribution in [2.45, 2.75) is 13.8 Å². The number of rotatable bonds is 5. The lowest BCUT2D eigenvalue weighted by atomic mass is 10.2. The lowest BCUT2D eigenvalue weighted by molar-refractivity contribution is -0.137. The van der Waals surface area contributed by atoms with E-state index in [1.54, 1.807) is 6.08 Å². The Morgan fingerprint density at radius 1 is 1.15 bits per heavy atom. The van der Waals surface area contributed by atoms with Crippen molar-refractivity contribution in [3.05, 3.63) is 66.1 Å². The Hall–Kier alpha value is -2.62. The van der Waals surface area contributed by atoms with Crippen LogP contribution in [0.2, 0.25) is 0 Å². The summed E-state index contributed by atoms with van der Waals surface area (Å²) in [4.78, 5) is 22.6. The number of hydrogen-bond acceptors (Lipinski definition) is 4. The Labute approximate surface area is 118 Å². The van der Waals surface area contributed by atoms with Gasteiger partial charge in [0.05, 0.1) is 11.8 Å². The van der Waals surface area contributed by atoms with Crippen LogP contribution in [-0.2, 0) is 19.1 Å². The number of carbonyl (C=O) groups excluding carboxylic acids is 2. The van der Waals surface area contributed by atoms with Crippen molar-refractivity contribution in [3.8, 4) is 0 Å². The van der Waals surface area contributed by atoms with Crippen LogP contribution in [0.25, 0.3) is 6.08 Å². The molecule has 0 saturated carbocycles. The van der Waals surface area contributed by atoms with E-state index in [1.807, 2.05) is 30.3 Å². The number of carbonyl (C=O) groups is 2. The molecule has 0 atom stereocenters. The van der Waals surface area contributed by atoms with Gasteiger partial charge in [0.2, 0.25) is 0 Å². The molecule has 0 aliphatic heterocycles. The summed E-state index contributed by atoms with van der Waals surface area (Å²) < 4.78 is 9.80. The highest BCUT2D eigenvalue weighted by Crippen LogP contribution is 2.10. The van der Waals surface area contributed by atoms with Crippen molar-refractivity contribution in [1.29, 1.82) is 0 Å². The van der Waals surface area contributed by atoms with Gasteiger partial charge in [-0.1, -0.05) is 36.9 Å².